The maximum absolute atomic E-state index is 10.9. The van der Waals surface area contributed by atoms with Crippen molar-refractivity contribution in [3.63, 3.8) is 0 Å². The van der Waals surface area contributed by atoms with E-state index in [-0.39, 0.29) is 5.56 Å². The standard InChI is InChI=1S/C13H11BrClNO3/c1-7-10(13(17)18)5-9(19-7)6-16-8-2-3-11(14)12(15)4-8/h2-5,16H,6H2,1H3,(H,17,18). The van der Waals surface area contributed by atoms with Gasteiger partial charge in [-0.05, 0) is 47.1 Å². The zero-order valence-electron chi connectivity index (χ0n) is 10.0. The van der Waals surface area contributed by atoms with Gasteiger partial charge in [-0.15, -0.1) is 0 Å². The van der Waals surface area contributed by atoms with Crippen LogP contribution in [0.1, 0.15) is 21.9 Å². The normalized spacial score (nSPS) is 10.5. The van der Waals surface area contributed by atoms with Gasteiger partial charge in [0.15, 0.2) is 0 Å². The van der Waals surface area contributed by atoms with Crippen LogP contribution in [-0.2, 0) is 6.54 Å². The highest BCUT2D eigenvalue weighted by Gasteiger charge is 2.13. The van der Waals surface area contributed by atoms with E-state index in [9.17, 15) is 4.79 Å². The van der Waals surface area contributed by atoms with Gasteiger partial charge in [0, 0.05) is 10.2 Å². The molecule has 0 spiro atoms. The summed E-state index contributed by atoms with van der Waals surface area (Å²) < 4.78 is 6.19. The number of furan rings is 1. The summed E-state index contributed by atoms with van der Waals surface area (Å²) in [6.45, 7) is 2.02. The van der Waals surface area contributed by atoms with Crippen molar-refractivity contribution in [2.24, 2.45) is 0 Å². The molecule has 0 aliphatic rings. The molecule has 0 fully saturated rings. The van der Waals surface area contributed by atoms with E-state index in [1.54, 1.807) is 13.0 Å². The molecular formula is C13H11BrClNO3. The minimum atomic E-state index is -0.987. The quantitative estimate of drug-likeness (QED) is 0.867. The maximum Gasteiger partial charge on any atom is 0.339 e. The molecular weight excluding hydrogens is 334 g/mol. The molecule has 19 heavy (non-hydrogen) atoms. The van der Waals surface area contributed by atoms with E-state index in [0.717, 1.165) is 10.2 Å². The van der Waals surface area contributed by atoms with Gasteiger partial charge in [0.05, 0.1) is 11.6 Å². The van der Waals surface area contributed by atoms with Gasteiger partial charge in [-0.25, -0.2) is 4.79 Å². The molecule has 0 saturated heterocycles. The van der Waals surface area contributed by atoms with Gasteiger partial charge in [0.2, 0.25) is 0 Å². The number of halogens is 2. The molecule has 1 heterocycles. The lowest BCUT2D eigenvalue weighted by Crippen LogP contribution is -1.98. The van der Waals surface area contributed by atoms with E-state index in [4.69, 9.17) is 21.1 Å². The Morgan fingerprint density at radius 1 is 1.47 bits per heavy atom. The molecule has 0 saturated carbocycles. The van der Waals surface area contributed by atoms with Gasteiger partial charge in [-0.3, -0.25) is 0 Å². The first-order chi connectivity index (χ1) is 8.97. The molecule has 0 unspecified atom stereocenters. The zero-order chi connectivity index (χ0) is 14.0. The molecule has 2 aromatic rings. The highest BCUT2D eigenvalue weighted by Crippen LogP contribution is 2.26. The van der Waals surface area contributed by atoms with Gasteiger partial charge in [0.1, 0.15) is 17.1 Å². The summed E-state index contributed by atoms with van der Waals surface area (Å²) >= 11 is 9.29. The highest BCUT2D eigenvalue weighted by atomic mass is 79.9. The largest absolute Gasteiger partial charge is 0.478 e. The second-order valence-electron chi connectivity index (χ2n) is 3.97. The molecule has 0 amide bonds. The van der Waals surface area contributed by atoms with Crippen LogP contribution in [0.15, 0.2) is 33.2 Å². The monoisotopic (exact) mass is 343 g/mol. The van der Waals surface area contributed by atoms with Crippen molar-refractivity contribution in [2.75, 3.05) is 5.32 Å². The van der Waals surface area contributed by atoms with Gasteiger partial charge < -0.3 is 14.8 Å². The average Bonchev–Trinajstić information content (AvgIpc) is 2.72. The van der Waals surface area contributed by atoms with Crippen molar-refractivity contribution in [2.45, 2.75) is 13.5 Å². The number of benzene rings is 1. The second-order valence-corrected chi connectivity index (χ2v) is 5.23. The number of hydrogen-bond donors (Lipinski definition) is 2. The van der Waals surface area contributed by atoms with E-state index >= 15 is 0 Å². The molecule has 1 aromatic carbocycles. The van der Waals surface area contributed by atoms with Crippen LogP contribution in [-0.4, -0.2) is 11.1 Å². The van der Waals surface area contributed by atoms with Crippen molar-refractivity contribution in [3.05, 3.63) is 50.8 Å². The van der Waals surface area contributed by atoms with Crippen molar-refractivity contribution in [1.82, 2.24) is 0 Å². The Morgan fingerprint density at radius 3 is 2.79 bits per heavy atom. The number of carbonyl (C=O) groups is 1. The maximum atomic E-state index is 10.9. The molecule has 100 valence electrons. The number of anilines is 1. The summed E-state index contributed by atoms with van der Waals surface area (Å²) in [5.41, 5.74) is 1.02. The average molecular weight is 345 g/mol. The van der Waals surface area contributed by atoms with Crippen LogP contribution >= 0.6 is 27.5 Å². The van der Waals surface area contributed by atoms with Gasteiger partial charge >= 0.3 is 5.97 Å². The summed E-state index contributed by atoms with van der Waals surface area (Å²) in [5, 5.41) is 12.6. The van der Waals surface area contributed by atoms with Crippen molar-refractivity contribution < 1.29 is 14.3 Å². The molecule has 2 rings (SSSR count). The lowest BCUT2D eigenvalue weighted by atomic mass is 10.2. The minimum Gasteiger partial charge on any atom is -0.478 e. The first-order valence-electron chi connectivity index (χ1n) is 5.49. The first-order valence-corrected chi connectivity index (χ1v) is 6.66. The van der Waals surface area contributed by atoms with Crippen LogP contribution in [0.4, 0.5) is 5.69 Å². The Hall–Kier alpha value is -1.46. The fraction of sp³-hybridized carbons (Fsp3) is 0.154. The molecule has 0 radical (unpaired) electrons. The minimum absolute atomic E-state index is 0.186. The highest BCUT2D eigenvalue weighted by molar-refractivity contribution is 9.10. The van der Waals surface area contributed by atoms with E-state index in [2.05, 4.69) is 21.2 Å². The van der Waals surface area contributed by atoms with E-state index in [0.29, 0.717) is 23.1 Å². The Kier molecular flexibility index (Phi) is 4.17. The predicted molar refractivity (Wildman–Crippen MR) is 76.9 cm³/mol. The molecule has 0 atom stereocenters. The lowest BCUT2D eigenvalue weighted by Gasteiger charge is -2.05. The Labute approximate surface area is 123 Å². The first kappa shape index (κ1) is 14.0. The van der Waals surface area contributed by atoms with Crippen molar-refractivity contribution in [3.8, 4) is 0 Å². The molecule has 6 heteroatoms. The molecule has 0 aliphatic heterocycles. The van der Waals surface area contributed by atoms with Crippen LogP contribution < -0.4 is 5.32 Å². The summed E-state index contributed by atoms with van der Waals surface area (Å²) in [6.07, 6.45) is 0. The van der Waals surface area contributed by atoms with Gasteiger partial charge in [-0.2, -0.15) is 0 Å². The van der Waals surface area contributed by atoms with Crippen LogP contribution in [0, 0.1) is 6.92 Å². The molecule has 0 bridgehead atoms. The number of hydrogen-bond acceptors (Lipinski definition) is 3. The summed E-state index contributed by atoms with van der Waals surface area (Å²) in [6, 6.07) is 7.00. The number of carboxylic acids is 1. The fourth-order valence-corrected chi connectivity index (χ4v) is 2.07. The Morgan fingerprint density at radius 2 is 2.21 bits per heavy atom. The fourth-order valence-electron chi connectivity index (χ4n) is 1.64. The van der Waals surface area contributed by atoms with Crippen LogP contribution in [0.3, 0.4) is 0 Å². The molecule has 4 nitrogen and oxygen atoms in total. The topological polar surface area (TPSA) is 62.5 Å². The number of rotatable bonds is 4. The number of nitrogens with one attached hydrogen (secondary N) is 1. The van der Waals surface area contributed by atoms with Gasteiger partial charge in [0.25, 0.3) is 0 Å². The Bertz CT molecular complexity index is 624. The van der Waals surface area contributed by atoms with E-state index in [1.165, 1.54) is 6.07 Å². The van der Waals surface area contributed by atoms with Crippen LogP contribution in [0.2, 0.25) is 5.02 Å². The van der Waals surface area contributed by atoms with E-state index < -0.39 is 5.97 Å². The number of carboxylic acid groups (broad SMARTS) is 1. The third-order valence-electron chi connectivity index (χ3n) is 2.59. The number of aromatic carboxylic acids is 1. The summed E-state index contributed by atoms with van der Waals surface area (Å²) in [4.78, 5) is 10.9. The lowest BCUT2D eigenvalue weighted by molar-refractivity contribution is 0.0695. The number of aryl methyl sites for hydroxylation is 1. The third kappa shape index (κ3) is 3.30. The summed E-state index contributed by atoms with van der Waals surface area (Å²) in [7, 11) is 0. The molecule has 2 N–H and O–H groups in total. The molecule has 1 aromatic heterocycles. The van der Waals surface area contributed by atoms with E-state index in [1.807, 2.05) is 12.1 Å². The Balaban J connectivity index is 2.08. The van der Waals surface area contributed by atoms with Crippen molar-refractivity contribution >= 4 is 39.2 Å². The predicted octanol–water partition coefficient (Wildman–Crippen LogP) is 4.31. The second kappa shape index (κ2) is 5.67. The van der Waals surface area contributed by atoms with Gasteiger partial charge in [-0.1, -0.05) is 11.6 Å². The summed E-state index contributed by atoms with van der Waals surface area (Å²) in [5.74, 6) is -0.0220. The molecule has 0 aliphatic carbocycles. The SMILES string of the molecule is Cc1oc(CNc2ccc(Br)c(Cl)c2)cc1C(=O)O. The van der Waals surface area contributed by atoms with Crippen molar-refractivity contribution in [1.29, 1.82) is 0 Å². The third-order valence-corrected chi connectivity index (χ3v) is 3.82. The van der Waals surface area contributed by atoms with Crippen LogP contribution in [0.5, 0.6) is 0 Å². The zero-order valence-corrected chi connectivity index (χ0v) is 12.4. The van der Waals surface area contributed by atoms with Crippen LogP contribution in [0.25, 0.3) is 0 Å². The smallest absolute Gasteiger partial charge is 0.339 e.